The van der Waals surface area contributed by atoms with Crippen molar-refractivity contribution in [2.75, 3.05) is 6.61 Å². The third kappa shape index (κ3) is 7.48. The minimum atomic E-state index is -1.67. The van der Waals surface area contributed by atoms with Crippen molar-refractivity contribution in [3.8, 4) is 0 Å². The van der Waals surface area contributed by atoms with Crippen molar-refractivity contribution in [2.45, 2.75) is 71.5 Å². The molecule has 0 radical (unpaired) electrons. The van der Waals surface area contributed by atoms with E-state index >= 15 is 0 Å². The first kappa shape index (κ1) is 20.7. The van der Waals surface area contributed by atoms with Crippen molar-refractivity contribution in [3.63, 3.8) is 0 Å². The van der Waals surface area contributed by atoms with E-state index in [1.165, 1.54) is 55.3 Å². The number of hydrogen-bond acceptors (Lipinski definition) is 2. The van der Waals surface area contributed by atoms with E-state index < -0.39 is 8.07 Å². The average Bonchev–Trinajstić information content (AvgIpc) is 2.57. The summed E-state index contributed by atoms with van der Waals surface area (Å²) in [7, 11) is -1.67. The van der Waals surface area contributed by atoms with E-state index in [2.05, 4.69) is 32.2 Å². The molecule has 1 aromatic rings. The molecule has 134 valence electrons. The second kappa shape index (κ2) is 11.2. The molecule has 1 aromatic carbocycles. The lowest BCUT2D eigenvalue weighted by atomic mass is 10.1. The van der Waals surface area contributed by atoms with Crippen LogP contribution >= 0.6 is 0 Å². The molecule has 0 spiro atoms. The van der Waals surface area contributed by atoms with Crippen molar-refractivity contribution >= 4 is 19.2 Å². The first-order chi connectivity index (χ1) is 11.5. The third-order valence-corrected chi connectivity index (χ3v) is 8.01. The van der Waals surface area contributed by atoms with E-state index in [9.17, 15) is 4.79 Å². The van der Waals surface area contributed by atoms with Crippen molar-refractivity contribution < 1.29 is 9.53 Å². The van der Waals surface area contributed by atoms with Gasteiger partial charge in [-0.05, 0) is 17.7 Å². The molecule has 24 heavy (non-hydrogen) atoms. The zero-order valence-corrected chi connectivity index (χ0v) is 16.9. The van der Waals surface area contributed by atoms with Crippen molar-refractivity contribution in [2.24, 2.45) is 0 Å². The molecule has 3 heteroatoms. The molecule has 0 bridgehead atoms. The van der Waals surface area contributed by atoms with Gasteiger partial charge >= 0.3 is 5.97 Å². The molecule has 2 nitrogen and oxygen atoms in total. The Morgan fingerprint density at radius 1 is 1.00 bits per heavy atom. The Hall–Kier alpha value is -1.35. The van der Waals surface area contributed by atoms with Crippen LogP contribution in [0.1, 0.15) is 57.9 Å². The van der Waals surface area contributed by atoms with Gasteiger partial charge in [0.25, 0.3) is 0 Å². The molecule has 0 aliphatic rings. The molecule has 0 saturated carbocycles. The van der Waals surface area contributed by atoms with Crippen LogP contribution in [0.3, 0.4) is 0 Å². The summed E-state index contributed by atoms with van der Waals surface area (Å²) in [4.78, 5) is 12.0. The summed E-state index contributed by atoms with van der Waals surface area (Å²) in [5.74, 6) is -0.208. The number of ether oxygens (including phenoxy) is 1. The third-order valence-electron chi connectivity index (χ3n) is 4.52. The predicted octanol–water partition coefficient (Wildman–Crippen LogP) is 6.24. The predicted molar refractivity (Wildman–Crippen MR) is 107 cm³/mol. The van der Waals surface area contributed by atoms with Gasteiger partial charge in [-0.2, -0.15) is 0 Å². The topological polar surface area (TPSA) is 26.3 Å². The van der Waals surface area contributed by atoms with Gasteiger partial charge in [-0.3, -0.25) is 0 Å². The molecular formula is C21H34O2Si. The summed E-state index contributed by atoms with van der Waals surface area (Å²) in [6.07, 6.45) is 9.64. The van der Waals surface area contributed by atoms with Crippen LogP contribution in [0.25, 0.3) is 5.20 Å². The molecule has 0 aliphatic carbocycles. The van der Waals surface area contributed by atoms with Crippen LogP contribution in [0.5, 0.6) is 0 Å². The van der Waals surface area contributed by atoms with Crippen molar-refractivity contribution in [1.29, 1.82) is 0 Å². The van der Waals surface area contributed by atoms with Gasteiger partial charge in [-0.1, -0.05) is 94.9 Å². The fourth-order valence-electron chi connectivity index (χ4n) is 3.07. The van der Waals surface area contributed by atoms with E-state index in [1.807, 2.05) is 25.1 Å². The number of esters is 1. The quantitative estimate of drug-likeness (QED) is 0.205. The number of unbranched alkanes of at least 4 members (excludes halogenated alkanes) is 5. The lowest BCUT2D eigenvalue weighted by Crippen LogP contribution is -2.28. The normalized spacial score (nSPS) is 12.2. The fourth-order valence-corrected chi connectivity index (χ4v) is 5.93. The Bertz CT molecular complexity index is 506. The minimum absolute atomic E-state index is 0.208. The van der Waals surface area contributed by atoms with Crippen LogP contribution < -0.4 is 0 Å². The van der Waals surface area contributed by atoms with E-state index in [1.54, 1.807) is 6.08 Å². The molecule has 1 rings (SSSR count). The molecule has 0 N–H and O–H groups in total. The number of carbonyl (C=O) groups excluding carboxylic acids is 1. The van der Waals surface area contributed by atoms with E-state index in [0.29, 0.717) is 6.61 Å². The first-order valence-corrected chi connectivity index (χ1v) is 12.7. The summed E-state index contributed by atoms with van der Waals surface area (Å²) in [6, 6.07) is 11.6. The van der Waals surface area contributed by atoms with Gasteiger partial charge in [0.15, 0.2) is 0 Å². The van der Waals surface area contributed by atoms with E-state index in [0.717, 1.165) is 0 Å². The van der Waals surface area contributed by atoms with Crippen LogP contribution in [0, 0.1) is 0 Å². The zero-order chi connectivity index (χ0) is 17.8. The second-order valence-electron chi connectivity index (χ2n) is 7.08. The van der Waals surface area contributed by atoms with Gasteiger partial charge in [-0.25, -0.2) is 4.79 Å². The van der Waals surface area contributed by atoms with Crippen LogP contribution in [0.15, 0.2) is 36.4 Å². The Labute approximate surface area is 149 Å². The van der Waals surface area contributed by atoms with Gasteiger partial charge < -0.3 is 4.74 Å². The molecule has 0 amide bonds. The standard InChI is InChI=1S/C21H34O2Si/c1-5-7-8-9-10-14-17-24(3,4)20(18-21(22)23-6-2)19-15-12-11-13-16-19/h11-13,15-16,18H,5-10,14,17H2,1-4H3/b20-18+. The summed E-state index contributed by atoms with van der Waals surface area (Å²) in [6.45, 7) is 9.28. The van der Waals surface area contributed by atoms with E-state index in [-0.39, 0.29) is 5.97 Å². The largest absolute Gasteiger partial charge is 0.463 e. The second-order valence-corrected chi connectivity index (χ2v) is 11.9. The van der Waals surface area contributed by atoms with Crippen LogP contribution in [0.4, 0.5) is 0 Å². The maximum atomic E-state index is 12.0. The lowest BCUT2D eigenvalue weighted by Gasteiger charge is -2.26. The summed E-state index contributed by atoms with van der Waals surface area (Å²) in [5.41, 5.74) is 1.17. The maximum absolute atomic E-state index is 12.0. The highest BCUT2D eigenvalue weighted by Gasteiger charge is 2.27. The minimum Gasteiger partial charge on any atom is -0.463 e. The van der Waals surface area contributed by atoms with Gasteiger partial charge in [0.05, 0.1) is 14.7 Å². The van der Waals surface area contributed by atoms with Crippen molar-refractivity contribution in [3.05, 3.63) is 42.0 Å². The Balaban J connectivity index is 2.79. The first-order valence-electron chi connectivity index (χ1n) is 9.45. The van der Waals surface area contributed by atoms with Crippen LogP contribution in [0.2, 0.25) is 19.1 Å². The molecular weight excluding hydrogens is 312 g/mol. The van der Waals surface area contributed by atoms with Gasteiger partial charge in [0, 0.05) is 6.08 Å². The highest BCUT2D eigenvalue weighted by Crippen LogP contribution is 2.31. The van der Waals surface area contributed by atoms with Crippen LogP contribution in [-0.2, 0) is 9.53 Å². The van der Waals surface area contributed by atoms with Crippen molar-refractivity contribution in [1.82, 2.24) is 0 Å². The fraction of sp³-hybridized carbons (Fsp3) is 0.571. The molecule has 0 saturated heterocycles. The van der Waals surface area contributed by atoms with E-state index in [4.69, 9.17) is 4.74 Å². The van der Waals surface area contributed by atoms with Gasteiger partial charge in [-0.15, -0.1) is 0 Å². The molecule has 0 fully saturated rings. The molecule has 0 unspecified atom stereocenters. The highest BCUT2D eigenvalue weighted by atomic mass is 28.3. The van der Waals surface area contributed by atoms with Crippen LogP contribution in [-0.4, -0.2) is 20.7 Å². The monoisotopic (exact) mass is 346 g/mol. The molecule has 0 heterocycles. The molecule has 0 aliphatic heterocycles. The molecule has 0 atom stereocenters. The highest BCUT2D eigenvalue weighted by molar-refractivity contribution is 6.95. The average molecular weight is 347 g/mol. The molecule has 0 aromatic heterocycles. The summed E-state index contributed by atoms with van der Waals surface area (Å²) < 4.78 is 5.17. The number of hydrogen-bond donors (Lipinski definition) is 0. The number of carbonyl (C=O) groups is 1. The van der Waals surface area contributed by atoms with Gasteiger partial charge in [0.2, 0.25) is 0 Å². The Kier molecular flexibility index (Phi) is 9.69. The SMILES string of the molecule is CCCCCCCC[Si](C)(C)/C(=C/C(=O)OCC)c1ccccc1. The maximum Gasteiger partial charge on any atom is 0.330 e. The number of benzene rings is 1. The summed E-state index contributed by atoms with van der Waals surface area (Å²) in [5, 5.41) is 1.22. The Morgan fingerprint density at radius 2 is 1.62 bits per heavy atom. The summed E-state index contributed by atoms with van der Waals surface area (Å²) >= 11 is 0. The Morgan fingerprint density at radius 3 is 2.25 bits per heavy atom. The number of rotatable bonds is 11. The smallest absolute Gasteiger partial charge is 0.330 e. The zero-order valence-electron chi connectivity index (χ0n) is 15.9. The van der Waals surface area contributed by atoms with Gasteiger partial charge in [0.1, 0.15) is 0 Å². The lowest BCUT2D eigenvalue weighted by molar-refractivity contribution is -0.137.